The van der Waals surface area contributed by atoms with Gasteiger partial charge in [-0.2, -0.15) is 4.98 Å². The number of amides is 1. The van der Waals surface area contributed by atoms with Crippen LogP contribution in [-0.4, -0.2) is 32.7 Å². The maximum Gasteiger partial charge on any atom is 0.336 e. The summed E-state index contributed by atoms with van der Waals surface area (Å²) >= 11 is 0. The van der Waals surface area contributed by atoms with E-state index in [-0.39, 0.29) is 29.7 Å². The number of nitro groups is 1. The molecule has 1 N–H and O–H groups in total. The number of halogens is 1. The molecule has 40 heavy (non-hydrogen) atoms. The average molecular weight is 540 g/mol. The van der Waals surface area contributed by atoms with Gasteiger partial charge in [-0.3, -0.25) is 14.9 Å². The minimum atomic E-state index is -0.558. The molecule has 0 aliphatic heterocycles. The molecule has 0 atom stereocenters. The van der Waals surface area contributed by atoms with Crippen molar-refractivity contribution < 1.29 is 23.6 Å². The molecule has 10 nitrogen and oxygen atoms in total. The molecule has 4 aromatic carbocycles. The number of nitrogens with zero attached hydrogens (tertiary/aromatic N) is 4. The van der Waals surface area contributed by atoms with Crippen LogP contribution in [0.5, 0.6) is 11.8 Å². The Morgan fingerprint density at radius 1 is 1.00 bits per heavy atom. The number of nitrogens with one attached hydrogen (secondary N) is 1. The summed E-state index contributed by atoms with van der Waals surface area (Å²) in [5, 5.41) is 18.4. The van der Waals surface area contributed by atoms with Crippen LogP contribution in [0.1, 0.15) is 15.9 Å². The van der Waals surface area contributed by atoms with Crippen molar-refractivity contribution in [1.29, 1.82) is 0 Å². The SMILES string of the molecule is COc1cccc(-c2nc(OCc3ccc(F)cc3)nn2-c2cccc(NC(=O)c3cccc([N+](=O)[O-])c3)c2)c1. The van der Waals surface area contributed by atoms with Crippen LogP contribution in [-0.2, 0) is 6.61 Å². The third-order valence-corrected chi connectivity index (χ3v) is 5.86. The number of nitro benzene ring substituents is 1. The van der Waals surface area contributed by atoms with Gasteiger partial charge in [0.15, 0.2) is 5.82 Å². The molecule has 0 saturated carbocycles. The van der Waals surface area contributed by atoms with Crippen LogP contribution in [0.3, 0.4) is 0 Å². The van der Waals surface area contributed by atoms with Crippen LogP contribution in [0, 0.1) is 15.9 Å². The van der Waals surface area contributed by atoms with Crippen molar-refractivity contribution in [2.45, 2.75) is 6.61 Å². The summed E-state index contributed by atoms with van der Waals surface area (Å²) in [4.78, 5) is 27.9. The molecule has 5 rings (SSSR count). The van der Waals surface area contributed by atoms with E-state index in [2.05, 4.69) is 15.4 Å². The topological polar surface area (TPSA) is 121 Å². The Morgan fingerprint density at radius 2 is 1.77 bits per heavy atom. The Labute approximate surface area is 227 Å². The smallest absolute Gasteiger partial charge is 0.336 e. The van der Waals surface area contributed by atoms with Crippen molar-refractivity contribution in [3.63, 3.8) is 0 Å². The largest absolute Gasteiger partial charge is 0.497 e. The van der Waals surface area contributed by atoms with Gasteiger partial charge >= 0.3 is 6.01 Å². The molecule has 0 bridgehead atoms. The summed E-state index contributed by atoms with van der Waals surface area (Å²) in [5.41, 5.74) is 2.42. The Balaban J connectivity index is 1.46. The Bertz CT molecular complexity index is 1690. The van der Waals surface area contributed by atoms with E-state index in [1.807, 2.05) is 12.1 Å². The molecule has 11 heteroatoms. The summed E-state index contributed by atoms with van der Waals surface area (Å²) in [6, 6.07) is 25.7. The molecule has 0 fully saturated rings. The van der Waals surface area contributed by atoms with Gasteiger partial charge in [0.2, 0.25) is 0 Å². The molecule has 0 saturated heterocycles. The number of carbonyl (C=O) groups is 1. The molecule has 1 amide bonds. The number of hydrogen-bond donors (Lipinski definition) is 1. The number of ether oxygens (including phenoxy) is 2. The highest BCUT2D eigenvalue weighted by atomic mass is 19.1. The molecule has 0 unspecified atom stereocenters. The van der Waals surface area contributed by atoms with Gasteiger partial charge in [0.1, 0.15) is 18.2 Å². The fourth-order valence-electron chi connectivity index (χ4n) is 3.89. The molecule has 1 aromatic heterocycles. The van der Waals surface area contributed by atoms with Crippen LogP contribution in [0.2, 0.25) is 0 Å². The first-order valence-corrected chi connectivity index (χ1v) is 12.0. The second-order valence-electron chi connectivity index (χ2n) is 8.59. The zero-order chi connectivity index (χ0) is 28.1. The molecule has 0 aliphatic carbocycles. The van der Waals surface area contributed by atoms with E-state index in [0.717, 1.165) is 5.56 Å². The summed E-state index contributed by atoms with van der Waals surface area (Å²) < 4.78 is 26.0. The van der Waals surface area contributed by atoms with Gasteiger partial charge in [-0.05, 0) is 54.1 Å². The van der Waals surface area contributed by atoms with Crippen molar-refractivity contribution in [2.75, 3.05) is 12.4 Å². The zero-order valence-corrected chi connectivity index (χ0v) is 21.2. The number of methoxy groups -OCH3 is 1. The predicted octanol–water partition coefficient (Wildman–Crippen LogP) is 5.82. The van der Waals surface area contributed by atoms with Crippen molar-refractivity contribution in [3.8, 4) is 28.8 Å². The Kier molecular flexibility index (Phi) is 7.45. The molecular formula is C29H22FN5O5. The molecule has 200 valence electrons. The second-order valence-corrected chi connectivity index (χ2v) is 8.59. The molecule has 0 spiro atoms. The van der Waals surface area contributed by atoms with Crippen LogP contribution < -0.4 is 14.8 Å². The highest BCUT2D eigenvalue weighted by Crippen LogP contribution is 2.28. The lowest BCUT2D eigenvalue weighted by Crippen LogP contribution is -2.12. The normalized spacial score (nSPS) is 10.7. The van der Waals surface area contributed by atoms with E-state index >= 15 is 0 Å². The average Bonchev–Trinajstić information content (AvgIpc) is 3.41. The zero-order valence-electron chi connectivity index (χ0n) is 21.2. The van der Waals surface area contributed by atoms with Gasteiger partial charge in [0.25, 0.3) is 11.6 Å². The van der Waals surface area contributed by atoms with Crippen LogP contribution >= 0.6 is 0 Å². The first-order chi connectivity index (χ1) is 19.4. The van der Waals surface area contributed by atoms with E-state index in [1.165, 1.54) is 36.4 Å². The van der Waals surface area contributed by atoms with Gasteiger partial charge in [0.05, 0.1) is 17.7 Å². The third-order valence-electron chi connectivity index (χ3n) is 5.86. The van der Waals surface area contributed by atoms with Gasteiger partial charge in [0, 0.05) is 28.9 Å². The minimum Gasteiger partial charge on any atom is -0.497 e. The second kappa shape index (κ2) is 11.4. The standard InChI is InChI=1S/C29H22FN5O5/c1-39-26-10-3-5-20(16-26)27-32-29(40-18-19-11-13-22(30)14-12-19)33-34(27)24-8-4-7-23(17-24)31-28(36)21-6-2-9-25(15-21)35(37)38/h2-17H,18H2,1H3,(H,31,36). The number of carbonyl (C=O) groups excluding carboxylic acids is 1. The number of rotatable bonds is 9. The molecule has 1 heterocycles. The highest BCUT2D eigenvalue weighted by molar-refractivity contribution is 6.04. The number of hydrogen-bond acceptors (Lipinski definition) is 7. The maximum absolute atomic E-state index is 13.3. The van der Waals surface area contributed by atoms with Crippen molar-refractivity contribution in [3.05, 3.63) is 124 Å². The lowest BCUT2D eigenvalue weighted by Gasteiger charge is -2.10. The van der Waals surface area contributed by atoms with Gasteiger partial charge in [-0.1, -0.05) is 36.4 Å². The molecule has 0 radical (unpaired) electrons. The lowest BCUT2D eigenvalue weighted by atomic mass is 10.1. The fraction of sp³-hybridized carbons (Fsp3) is 0.0690. The van der Waals surface area contributed by atoms with Gasteiger partial charge in [-0.25, -0.2) is 9.07 Å². The first kappa shape index (κ1) is 26.0. The molecular weight excluding hydrogens is 517 g/mol. The minimum absolute atomic E-state index is 0.0909. The predicted molar refractivity (Wildman–Crippen MR) is 145 cm³/mol. The van der Waals surface area contributed by atoms with Crippen molar-refractivity contribution >= 4 is 17.3 Å². The van der Waals surface area contributed by atoms with Crippen LogP contribution in [0.25, 0.3) is 17.1 Å². The fourth-order valence-corrected chi connectivity index (χ4v) is 3.89. The molecule has 5 aromatic rings. The van der Waals surface area contributed by atoms with Crippen molar-refractivity contribution in [1.82, 2.24) is 14.8 Å². The van der Waals surface area contributed by atoms with E-state index in [4.69, 9.17) is 9.47 Å². The highest BCUT2D eigenvalue weighted by Gasteiger charge is 2.17. The first-order valence-electron chi connectivity index (χ1n) is 12.0. The Hall–Kier alpha value is -5.58. The quantitative estimate of drug-likeness (QED) is 0.185. The van der Waals surface area contributed by atoms with E-state index in [9.17, 15) is 19.3 Å². The number of benzene rings is 4. The maximum atomic E-state index is 13.3. The number of anilines is 1. The molecule has 0 aliphatic rings. The summed E-state index contributed by atoms with van der Waals surface area (Å²) in [7, 11) is 1.56. The van der Waals surface area contributed by atoms with E-state index in [0.29, 0.717) is 28.5 Å². The lowest BCUT2D eigenvalue weighted by molar-refractivity contribution is -0.384. The van der Waals surface area contributed by atoms with Crippen LogP contribution in [0.15, 0.2) is 97.1 Å². The summed E-state index contributed by atoms with van der Waals surface area (Å²) in [6.07, 6.45) is 0. The summed E-state index contributed by atoms with van der Waals surface area (Å²) in [5.74, 6) is 0.230. The van der Waals surface area contributed by atoms with Crippen molar-refractivity contribution in [2.24, 2.45) is 0 Å². The monoisotopic (exact) mass is 539 g/mol. The van der Waals surface area contributed by atoms with Gasteiger partial charge in [-0.15, -0.1) is 5.10 Å². The van der Waals surface area contributed by atoms with E-state index < -0.39 is 10.8 Å². The van der Waals surface area contributed by atoms with Gasteiger partial charge < -0.3 is 14.8 Å². The number of non-ortho nitro benzene ring substituents is 1. The third kappa shape index (κ3) is 5.94. The Morgan fingerprint density at radius 3 is 2.55 bits per heavy atom. The van der Waals surface area contributed by atoms with E-state index in [1.54, 1.807) is 60.3 Å². The number of aromatic nitrogens is 3. The summed E-state index contributed by atoms with van der Waals surface area (Å²) in [6.45, 7) is 0.126. The van der Waals surface area contributed by atoms with Crippen LogP contribution in [0.4, 0.5) is 15.8 Å².